The van der Waals surface area contributed by atoms with Gasteiger partial charge < -0.3 is 18.9 Å². The van der Waals surface area contributed by atoms with Gasteiger partial charge in [0.1, 0.15) is 5.04 Å². The fourth-order valence-electron chi connectivity index (χ4n) is 2.05. The number of hydrogen-bond acceptors (Lipinski definition) is 7. The molecule has 0 fully saturated rings. The zero-order valence-electron chi connectivity index (χ0n) is 13.5. The second-order valence-corrected chi connectivity index (χ2v) is 5.41. The number of nitrogens with one attached hydrogen (secondary N) is 1. The van der Waals surface area contributed by atoms with E-state index in [1.165, 1.54) is 20.3 Å². The van der Waals surface area contributed by atoms with E-state index in [0.29, 0.717) is 13.0 Å². The summed E-state index contributed by atoms with van der Waals surface area (Å²) in [6.45, 7) is 0.662. The highest BCUT2D eigenvalue weighted by atomic mass is 32.2. The van der Waals surface area contributed by atoms with Gasteiger partial charge in [-0.3, -0.25) is 5.41 Å². The lowest BCUT2D eigenvalue weighted by Gasteiger charge is -2.16. The summed E-state index contributed by atoms with van der Waals surface area (Å²) in [7, 11) is 2.58. The van der Waals surface area contributed by atoms with Gasteiger partial charge in [-0.05, 0) is 12.3 Å². The molecule has 9 heteroatoms. The second kappa shape index (κ2) is 8.00. The molecule has 130 valence electrons. The van der Waals surface area contributed by atoms with Gasteiger partial charge in [-0.1, -0.05) is 0 Å². The Morgan fingerprint density at radius 2 is 2.00 bits per heavy atom. The number of thioether (sulfide) groups is 1. The summed E-state index contributed by atoms with van der Waals surface area (Å²) in [5.41, 5.74) is -0.382. The molecule has 1 aliphatic rings. The monoisotopic (exact) mass is 356 g/mol. The van der Waals surface area contributed by atoms with Crippen LogP contribution in [0.2, 0.25) is 0 Å². The van der Waals surface area contributed by atoms with Gasteiger partial charge in [0, 0.05) is 12.0 Å². The average molecular weight is 356 g/mol. The quantitative estimate of drug-likeness (QED) is 0.661. The highest BCUT2D eigenvalue weighted by Gasteiger charge is 2.27. The third-order valence-electron chi connectivity index (χ3n) is 3.19. The van der Waals surface area contributed by atoms with Crippen LogP contribution in [0.25, 0.3) is 0 Å². The van der Waals surface area contributed by atoms with Crippen LogP contribution in [0.4, 0.5) is 9.18 Å². The Balaban J connectivity index is 2.54. The molecule has 1 aliphatic heterocycles. The van der Waals surface area contributed by atoms with Crippen LogP contribution in [0.5, 0.6) is 17.2 Å². The first-order chi connectivity index (χ1) is 11.5. The maximum atomic E-state index is 14.8. The van der Waals surface area contributed by atoms with Crippen LogP contribution in [-0.4, -0.2) is 50.5 Å². The molecule has 0 saturated carbocycles. The summed E-state index contributed by atoms with van der Waals surface area (Å²) in [4.78, 5) is 15.0. The molecule has 0 bridgehead atoms. The van der Waals surface area contributed by atoms with Crippen LogP contribution >= 0.6 is 11.8 Å². The Hall–Kier alpha value is -2.29. The number of benzene rings is 1. The van der Waals surface area contributed by atoms with Crippen molar-refractivity contribution in [3.8, 4) is 17.2 Å². The van der Waals surface area contributed by atoms with Crippen molar-refractivity contribution in [2.75, 3.05) is 33.7 Å². The molecular formula is C15H17FN2O5S. The average Bonchev–Trinajstić information content (AvgIpc) is 2.85. The largest absolute Gasteiger partial charge is 0.493 e. The lowest BCUT2D eigenvalue weighted by atomic mass is 10.1. The highest BCUT2D eigenvalue weighted by Crippen LogP contribution is 2.42. The van der Waals surface area contributed by atoms with Crippen LogP contribution in [-0.2, 0) is 4.74 Å². The lowest BCUT2D eigenvalue weighted by molar-refractivity contribution is 0.183. The molecule has 7 nitrogen and oxygen atoms in total. The zero-order chi connectivity index (χ0) is 17.7. The minimum absolute atomic E-state index is 0.0114. The Morgan fingerprint density at radius 1 is 1.33 bits per heavy atom. The molecule has 1 heterocycles. The highest BCUT2D eigenvalue weighted by molar-refractivity contribution is 8.15. The van der Waals surface area contributed by atoms with Crippen molar-refractivity contribution in [2.24, 2.45) is 4.99 Å². The van der Waals surface area contributed by atoms with E-state index in [1.807, 2.05) is 0 Å². The first-order valence-corrected chi connectivity index (χ1v) is 8.22. The van der Waals surface area contributed by atoms with Gasteiger partial charge in [0.25, 0.3) is 0 Å². The minimum atomic E-state index is -0.870. The topological polar surface area (TPSA) is 90.2 Å². The van der Waals surface area contributed by atoms with Crippen LogP contribution in [0.3, 0.4) is 0 Å². The maximum Gasteiger partial charge on any atom is 0.434 e. The first-order valence-electron chi connectivity index (χ1n) is 6.99. The number of amides is 1. The molecule has 0 spiro atoms. The molecule has 24 heavy (non-hydrogen) atoms. The molecule has 0 saturated heterocycles. The van der Waals surface area contributed by atoms with Gasteiger partial charge in [-0.2, -0.15) is 4.99 Å². The van der Waals surface area contributed by atoms with Crippen molar-refractivity contribution in [1.82, 2.24) is 0 Å². The number of carbonyl (C=O) groups is 1. The predicted molar refractivity (Wildman–Crippen MR) is 88.7 cm³/mol. The number of carbonyl (C=O) groups excluding carboxylic acids is 1. The predicted octanol–water partition coefficient (Wildman–Crippen LogP) is 2.89. The summed E-state index contributed by atoms with van der Waals surface area (Å²) >= 11 is 1.03. The summed E-state index contributed by atoms with van der Waals surface area (Å²) in [6.07, 6.45) is 1.35. The van der Waals surface area contributed by atoms with Crippen LogP contribution in [0, 0.1) is 11.2 Å². The van der Waals surface area contributed by atoms with Crippen LogP contribution in [0.1, 0.15) is 12.0 Å². The van der Waals surface area contributed by atoms with Crippen molar-refractivity contribution < 1.29 is 28.1 Å². The Kier molecular flexibility index (Phi) is 6.02. The first kappa shape index (κ1) is 18.1. The van der Waals surface area contributed by atoms with E-state index in [-0.39, 0.29) is 40.2 Å². The number of rotatable bonds is 3. The van der Waals surface area contributed by atoms with E-state index in [2.05, 4.69) is 9.73 Å². The van der Waals surface area contributed by atoms with Crippen molar-refractivity contribution in [3.05, 3.63) is 17.4 Å². The summed E-state index contributed by atoms with van der Waals surface area (Å²) in [5, 5.41) is 8.20. The fourth-order valence-corrected chi connectivity index (χ4v) is 2.53. The fraction of sp³-hybridized carbons (Fsp3) is 0.400. The molecule has 1 N–H and O–H groups in total. The van der Waals surface area contributed by atoms with E-state index in [0.717, 1.165) is 11.8 Å². The van der Waals surface area contributed by atoms with Crippen LogP contribution in [0.15, 0.2) is 11.1 Å². The standard InChI is InChI=1S/C15H17FN2O5S/c1-20-9-7-8(11(17)14(24-3)18-15(19)21-2)10(16)13-12(9)22-5-4-6-23-13/h7,17H,4-6H2,1-3H3. The van der Waals surface area contributed by atoms with Crippen molar-refractivity contribution in [3.63, 3.8) is 0 Å². The van der Waals surface area contributed by atoms with Crippen molar-refractivity contribution >= 4 is 28.6 Å². The third-order valence-corrected chi connectivity index (χ3v) is 3.87. The van der Waals surface area contributed by atoms with Crippen molar-refractivity contribution in [1.29, 1.82) is 5.41 Å². The van der Waals surface area contributed by atoms with Gasteiger partial charge in [0.2, 0.25) is 11.5 Å². The van der Waals surface area contributed by atoms with Gasteiger partial charge >= 0.3 is 6.09 Å². The zero-order valence-corrected chi connectivity index (χ0v) is 14.3. The number of fused-ring (bicyclic) bond motifs is 1. The number of ether oxygens (including phenoxy) is 4. The Morgan fingerprint density at radius 3 is 2.58 bits per heavy atom. The molecule has 0 atom stereocenters. The summed E-state index contributed by atoms with van der Waals surface area (Å²) < 4.78 is 35.4. The molecule has 1 aromatic carbocycles. The van der Waals surface area contributed by atoms with E-state index in [9.17, 15) is 9.18 Å². The maximum absolute atomic E-state index is 14.8. The van der Waals surface area contributed by atoms with Gasteiger partial charge in [-0.15, -0.1) is 11.8 Å². The van der Waals surface area contributed by atoms with Crippen molar-refractivity contribution in [2.45, 2.75) is 6.42 Å². The minimum Gasteiger partial charge on any atom is -0.493 e. The lowest BCUT2D eigenvalue weighted by Crippen LogP contribution is -2.16. The van der Waals surface area contributed by atoms with E-state index in [1.54, 1.807) is 6.26 Å². The number of methoxy groups -OCH3 is 2. The number of halogens is 1. The summed E-state index contributed by atoms with van der Waals surface area (Å²) in [5.74, 6) is -0.458. The Labute approximate surface area is 142 Å². The van der Waals surface area contributed by atoms with E-state index >= 15 is 0 Å². The molecule has 0 unspecified atom stereocenters. The normalized spacial score (nSPS) is 13.9. The molecule has 0 aliphatic carbocycles. The Bertz CT molecular complexity index is 693. The number of hydrogen-bond donors (Lipinski definition) is 1. The third kappa shape index (κ3) is 3.61. The number of aliphatic imine (C=N–C) groups is 1. The SMILES string of the molecule is COC(=O)N=C(SC)C(=N)c1cc(OC)c2c(c1F)OCCCO2. The van der Waals surface area contributed by atoms with Gasteiger partial charge in [0.15, 0.2) is 11.6 Å². The molecule has 1 amide bonds. The van der Waals surface area contributed by atoms with E-state index in [4.69, 9.17) is 19.6 Å². The summed E-state index contributed by atoms with van der Waals surface area (Å²) in [6, 6.07) is 1.33. The second-order valence-electron chi connectivity index (χ2n) is 4.62. The molecular weight excluding hydrogens is 339 g/mol. The smallest absolute Gasteiger partial charge is 0.434 e. The molecule has 1 aromatic rings. The number of nitrogens with zero attached hydrogens (tertiary/aromatic N) is 1. The van der Waals surface area contributed by atoms with E-state index < -0.39 is 11.9 Å². The molecule has 0 aromatic heterocycles. The van der Waals surface area contributed by atoms with Gasteiger partial charge in [-0.25, -0.2) is 9.18 Å². The van der Waals surface area contributed by atoms with Crippen LogP contribution < -0.4 is 14.2 Å². The molecule has 2 rings (SSSR count). The molecule has 0 radical (unpaired) electrons. The van der Waals surface area contributed by atoms with Gasteiger partial charge in [0.05, 0.1) is 33.1 Å².